The van der Waals surface area contributed by atoms with Crippen LogP contribution in [-0.2, 0) is 4.79 Å². The van der Waals surface area contributed by atoms with Crippen LogP contribution in [0, 0.1) is 0 Å². The largest absolute Gasteiger partial charge is 0.457 e. The minimum atomic E-state index is -0.482. The van der Waals surface area contributed by atoms with Crippen LogP contribution >= 0.6 is 0 Å². The van der Waals surface area contributed by atoms with Crippen molar-refractivity contribution in [2.24, 2.45) is 5.73 Å². The lowest BCUT2D eigenvalue weighted by molar-refractivity contribution is -0.119. The van der Waals surface area contributed by atoms with Gasteiger partial charge in [0, 0.05) is 11.6 Å². The highest BCUT2D eigenvalue weighted by Gasteiger charge is 2.28. The molecule has 0 bridgehead atoms. The molecule has 0 aliphatic heterocycles. The molecular weight excluding hydrogens is 316 g/mol. The van der Waals surface area contributed by atoms with Crippen LogP contribution in [0.4, 0.5) is 0 Å². The van der Waals surface area contributed by atoms with E-state index >= 15 is 0 Å². The molecular formula is C20H22N2O3. The summed E-state index contributed by atoms with van der Waals surface area (Å²) in [5.74, 6) is 0.759. The second kappa shape index (κ2) is 7.83. The zero-order valence-corrected chi connectivity index (χ0v) is 14.1. The number of hydrogen-bond donors (Lipinski definition) is 1. The van der Waals surface area contributed by atoms with Crippen LogP contribution < -0.4 is 10.5 Å². The van der Waals surface area contributed by atoms with E-state index in [4.69, 9.17) is 10.5 Å². The first kappa shape index (κ1) is 17.0. The van der Waals surface area contributed by atoms with Crippen LogP contribution in [0.3, 0.4) is 0 Å². The topological polar surface area (TPSA) is 72.6 Å². The van der Waals surface area contributed by atoms with Gasteiger partial charge in [-0.3, -0.25) is 9.59 Å². The summed E-state index contributed by atoms with van der Waals surface area (Å²) in [6, 6.07) is 16.5. The Hall–Kier alpha value is -2.82. The van der Waals surface area contributed by atoms with Crippen molar-refractivity contribution in [1.29, 1.82) is 0 Å². The average Bonchev–Trinajstić information content (AvgIpc) is 3.15. The van der Waals surface area contributed by atoms with Crippen LogP contribution in [-0.4, -0.2) is 29.3 Å². The van der Waals surface area contributed by atoms with Gasteiger partial charge in [0.15, 0.2) is 0 Å². The number of hydrogen-bond acceptors (Lipinski definition) is 3. The third-order valence-electron chi connectivity index (χ3n) is 4.43. The molecule has 0 aromatic heterocycles. The fourth-order valence-corrected chi connectivity index (χ4v) is 3.21. The van der Waals surface area contributed by atoms with Crippen LogP contribution in [0.15, 0.2) is 54.6 Å². The quantitative estimate of drug-likeness (QED) is 0.878. The predicted octanol–water partition coefficient (Wildman–Crippen LogP) is 3.35. The zero-order chi connectivity index (χ0) is 17.6. The summed E-state index contributed by atoms with van der Waals surface area (Å²) in [7, 11) is 0. The highest BCUT2D eigenvalue weighted by Crippen LogP contribution is 2.26. The molecule has 0 radical (unpaired) electrons. The van der Waals surface area contributed by atoms with Gasteiger partial charge in [-0.15, -0.1) is 0 Å². The lowest BCUT2D eigenvalue weighted by Crippen LogP contribution is -2.44. The number of nitrogens with zero attached hydrogens (tertiary/aromatic N) is 1. The number of para-hydroxylation sites is 1. The van der Waals surface area contributed by atoms with Crippen LogP contribution in [0.25, 0.3) is 0 Å². The lowest BCUT2D eigenvalue weighted by atomic mass is 10.1. The van der Waals surface area contributed by atoms with Gasteiger partial charge in [0.1, 0.15) is 11.5 Å². The maximum Gasteiger partial charge on any atom is 0.254 e. The number of carbonyl (C=O) groups excluding carboxylic acids is 2. The highest BCUT2D eigenvalue weighted by atomic mass is 16.5. The summed E-state index contributed by atoms with van der Waals surface area (Å²) in [5.41, 5.74) is 5.87. The molecule has 1 aliphatic rings. The monoisotopic (exact) mass is 338 g/mol. The van der Waals surface area contributed by atoms with E-state index in [0.29, 0.717) is 11.3 Å². The van der Waals surface area contributed by atoms with Crippen molar-refractivity contribution in [2.45, 2.75) is 31.7 Å². The van der Waals surface area contributed by atoms with E-state index in [1.54, 1.807) is 29.2 Å². The molecule has 2 N–H and O–H groups in total. The van der Waals surface area contributed by atoms with Crippen molar-refractivity contribution < 1.29 is 14.3 Å². The number of carbonyl (C=O) groups is 2. The standard InChI is InChI=1S/C20H22N2O3/c21-19(23)14-22(16-6-4-5-7-16)20(24)15-10-12-18(13-11-15)25-17-8-2-1-3-9-17/h1-3,8-13,16H,4-7,14H2,(H2,21,23). The summed E-state index contributed by atoms with van der Waals surface area (Å²) in [6.07, 6.45) is 4.01. The van der Waals surface area contributed by atoms with Gasteiger partial charge in [-0.05, 0) is 49.2 Å². The molecule has 130 valence electrons. The Kier molecular flexibility index (Phi) is 5.33. The summed E-state index contributed by atoms with van der Waals surface area (Å²) >= 11 is 0. The Labute approximate surface area is 147 Å². The van der Waals surface area contributed by atoms with Crippen molar-refractivity contribution in [3.05, 3.63) is 60.2 Å². The molecule has 3 rings (SSSR count). The Morgan fingerprint density at radius 1 is 0.960 bits per heavy atom. The van der Waals surface area contributed by atoms with Crippen LogP contribution in [0.1, 0.15) is 36.0 Å². The zero-order valence-electron chi connectivity index (χ0n) is 14.1. The normalized spacial score (nSPS) is 14.2. The van der Waals surface area contributed by atoms with Gasteiger partial charge in [0.25, 0.3) is 5.91 Å². The van der Waals surface area contributed by atoms with E-state index in [1.807, 2.05) is 30.3 Å². The molecule has 5 nitrogen and oxygen atoms in total. The smallest absolute Gasteiger partial charge is 0.254 e. The van der Waals surface area contributed by atoms with E-state index in [2.05, 4.69) is 0 Å². The number of benzene rings is 2. The summed E-state index contributed by atoms with van der Waals surface area (Å²) in [5, 5.41) is 0. The number of nitrogens with two attached hydrogens (primary N) is 1. The molecule has 0 atom stereocenters. The Bertz CT molecular complexity index is 722. The van der Waals surface area contributed by atoms with Crippen molar-refractivity contribution in [1.82, 2.24) is 4.90 Å². The average molecular weight is 338 g/mol. The molecule has 1 saturated carbocycles. The SMILES string of the molecule is NC(=O)CN(C(=O)c1ccc(Oc2ccccc2)cc1)C1CCCC1. The molecule has 2 amide bonds. The number of ether oxygens (including phenoxy) is 1. The second-order valence-corrected chi connectivity index (χ2v) is 6.28. The first-order valence-electron chi connectivity index (χ1n) is 8.56. The number of amides is 2. The van der Waals surface area contributed by atoms with E-state index < -0.39 is 5.91 Å². The lowest BCUT2D eigenvalue weighted by Gasteiger charge is -2.27. The highest BCUT2D eigenvalue weighted by molar-refractivity contribution is 5.96. The third kappa shape index (κ3) is 4.38. The van der Waals surface area contributed by atoms with Crippen molar-refractivity contribution in [2.75, 3.05) is 6.54 Å². The molecule has 2 aromatic rings. The fourth-order valence-electron chi connectivity index (χ4n) is 3.21. The maximum absolute atomic E-state index is 12.8. The van der Waals surface area contributed by atoms with E-state index in [9.17, 15) is 9.59 Å². The van der Waals surface area contributed by atoms with Gasteiger partial charge < -0.3 is 15.4 Å². The maximum atomic E-state index is 12.8. The van der Waals surface area contributed by atoms with E-state index in [0.717, 1.165) is 31.4 Å². The molecule has 0 saturated heterocycles. The Morgan fingerprint density at radius 2 is 1.56 bits per heavy atom. The Balaban J connectivity index is 1.72. The minimum Gasteiger partial charge on any atom is -0.457 e. The van der Waals surface area contributed by atoms with Gasteiger partial charge in [0.05, 0.1) is 6.54 Å². The molecule has 1 fully saturated rings. The van der Waals surface area contributed by atoms with Crippen molar-refractivity contribution in [3.8, 4) is 11.5 Å². The molecule has 5 heteroatoms. The molecule has 1 aliphatic carbocycles. The van der Waals surface area contributed by atoms with Crippen molar-refractivity contribution >= 4 is 11.8 Å². The van der Waals surface area contributed by atoms with Crippen molar-refractivity contribution in [3.63, 3.8) is 0 Å². The van der Waals surface area contributed by atoms with Gasteiger partial charge in [-0.25, -0.2) is 0 Å². The fraction of sp³-hybridized carbons (Fsp3) is 0.300. The molecule has 0 heterocycles. The summed E-state index contributed by atoms with van der Waals surface area (Å²) in [4.78, 5) is 25.8. The molecule has 2 aromatic carbocycles. The molecule has 0 unspecified atom stereocenters. The molecule has 25 heavy (non-hydrogen) atoms. The van der Waals surface area contributed by atoms with Crippen LogP contribution in [0.2, 0.25) is 0 Å². The van der Waals surface area contributed by atoms with E-state index in [-0.39, 0.29) is 18.5 Å². The second-order valence-electron chi connectivity index (χ2n) is 6.28. The van der Waals surface area contributed by atoms with Gasteiger partial charge >= 0.3 is 0 Å². The predicted molar refractivity (Wildman–Crippen MR) is 95.4 cm³/mol. The summed E-state index contributed by atoms with van der Waals surface area (Å²) in [6.45, 7) is -0.0359. The van der Waals surface area contributed by atoms with E-state index in [1.165, 1.54) is 0 Å². The first-order chi connectivity index (χ1) is 12.1. The summed E-state index contributed by atoms with van der Waals surface area (Å²) < 4.78 is 5.74. The first-order valence-corrected chi connectivity index (χ1v) is 8.56. The van der Waals surface area contributed by atoms with Gasteiger partial charge in [-0.2, -0.15) is 0 Å². The van der Waals surface area contributed by atoms with Gasteiger partial charge in [0.2, 0.25) is 5.91 Å². The Morgan fingerprint density at radius 3 is 2.16 bits per heavy atom. The molecule has 0 spiro atoms. The van der Waals surface area contributed by atoms with Crippen LogP contribution in [0.5, 0.6) is 11.5 Å². The number of rotatable bonds is 6. The van der Waals surface area contributed by atoms with Gasteiger partial charge in [-0.1, -0.05) is 31.0 Å². The minimum absolute atomic E-state index is 0.0359. The third-order valence-corrected chi connectivity index (χ3v) is 4.43. The number of primary amides is 1.